The Morgan fingerprint density at radius 2 is 2.10 bits per heavy atom. The van der Waals surface area contributed by atoms with Crippen molar-refractivity contribution in [3.05, 3.63) is 0 Å². The Labute approximate surface area is 70.3 Å². The number of carbonyl (C=O) groups is 1. The van der Waals surface area contributed by atoms with E-state index in [1.807, 2.05) is 0 Å². The van der Waals surface area contributed by atoms with E-state index in [9.17, 15) is 4.79 Å². The van der Waals surface area contributed by atoms with Crippen LogP contribution in [0.5, 0.6) is 0 Å². The van der Waals surface area contributed by atoms with Gasteiger partial charge in [-0.3, -0.25) is 4.79 Å². The van der Waals surface area contributed by atoms with Crippen LogP contribution in [0.4, 0.5) is 0 Å². The molecule has 0 fully saturated rings. The molecule has 0 aliphatic rings. The minimum atomic E-state index is -0.958. The highest BCUT2D eigenvalue weighted by Crippen LogP contribution is 2.07. The smallest absolute Gasteiger partial charge is 0.304 e. The van der Waals surface area contributed by atoms with E-state index >= 15 is 0 Å². The van der Waals surface area contributed by atoms with Crippen LogP contribution < -0.4 is 0 Å². The van der Waals surface area contributed by atoms with Crippen LogP contribution in [0.3, 0.4) is 0 Å². The lowest BCUT2D eigenvalue weighted by molar-refractivity contribution is -0.137. The predicted molar refractivity (Wildman–Crippen MR) is 44.9 cm³/mol. The van der Waals surface area contributed by atoms with Gasteiger partial charge in [-0.05, 0) is 0 Å². The molecule has 0 aromatic rings. The van der Waals surface area contributed by atoms with Crippen molar-refractivity contribution in [3.8, 4) is 0 Å². The van der Waals surface area contributed by atoms with Crippen LogP contribution in [-0.4, -0.2) is 33.3 Å². The van der Waals surface area contributed by atoms with E-state index in [4.69, 9.17) is 10.2 Å². The van der Waals surface area contributed by atoms with Gasteiger partial charge in [0.25, 0.3) is 0 Å². The zero-order chi connectivity index (χ0) is 8.15. The molecule has 2 unspecified atom stereocenters. The van der Waals surface area contributed by atoms with Crippen molar-refractivity contribution in [2.45, 2.75) is 17.8 Å². The number of carboxylic acid groups (broad SMARTS) is 1. The van der Waals surface area contributed by atoms with Gasteiger partial charge >= 0.3 is 5.97 Å². The summed E-state index contributed by atoms with van der Waals surface area (Å²) in [5.74, 6) is -0.720. The molecule has 60 valence electrons. The van der Waals surface area contributed by atoms with E-state index in [0.29, 0.717) is 0 Å². The van der Waals surface area contributed by atoms with E-state index in [1.54, 1.807) is 0 Å². The molecule has 0 aromatic heterocycles. The summed E-state index contributed by atoms with van der Waals surface area (Å²) in [6.45, 7) is 0. The zero-order valence-electron chi connectivity index (χ0n) is 5.27. The van der Waals surface area contributed by atoms with Crippen LogP contribution in [0, 0.1) is 0 Å². The van der Waals surface area contributed by atoms with Crippen LogP contribution in [-0.2, 0) is 4.79 Å². The lowest BCUT2D eigenvalue weighted by Crippen LogP contribution is -2.25. The molecular formula is C5H10O3S2. The highest BCUT2D eigenvalue weighted by molar-refractivity contribution is 7.81. The number of hydrogen-bond donors (Lipinski definition) is 4. The standard InChI is InChI=1S/C5H10O3S2/c6-3(2-9)4(10)1-5(7)8/h3-4,6,9-10H,1-2H2,(H,7,8). The molecule has 3 nitrogen and oxygen atoms in total. The topological polar surface area (TPSA) is 57.5 Å². The van der Waals surface area contributed by atoms with Gasteiger partial charge in [-0.15, -0.1) is 0 Å². The Bertz CT molecular complexity index is 117. The van der Waals surface area contributed by atoms with Crippen molar-refractivity contribution < 1.29 is 15.0 Å². The van der Waals surface area contributed by atoms with Gasteiger partial charge in [-0.2, -0.15) is 25.3 Å². The Morgan fingerprint density at radius 1 is 1.60 bits per heavy atom. The molecule has 10 heavy (non-hydrogen) atoms. The largest absolute Gasteiger partial charge is 0.481 e. The number of aliphatic hydroxyl groups excluding tert-OH is 1. The molecule has 2 N–H and O–H groups in total. The summed E-state index contributed by atoms with van der Waals surface area (Å²) in [5, 5.41) is 16.7. The first-order valence-electron chi connectivity index (χ1n) is 2.76. The third kappa shape index (κ3) is 4.03. The quantitative estimate of drug-likeness (QED) is 0.465. The zero-order valence-corrected chi connectivity index (χ0v) is 7.05. The van der Waals surface area contributed by atoms with Crippen LogP contribution in [0.25, 0.3) is 0 Å². The summed E-state index contributed by atoms with van der Waals surface area (Å²) in [4.78, 5) is 10.0. The van der Waals surface area contributed by atoms with Gasteiger partial charge in [0.2, 0.25) is 0 Å². The summed E-state index contributed by atoms with van der Waals surface area (Å²) in [6, 6.07) is 0. The minimum Gasteiger partial charge on any atom is -0.481 e. The Balaban J connectivity index is 3.61. The molecule has 0 aliphatic carbocycles. The fourth-order valence-electron chi connectivity index (χ4n) is 0.437. The van der Waals surface area contributed by atoms with E-state index in [1.165, 1.54) is 0 Å². The monoisotopic (exact) mass is 182 g/mol. The van der Waals surface area contributed by atoms with Gasteiger partial charge < -0.3 is 10.2 Å². The minimum absolute atomic E-state index is 0.134. The molecule has 0 saturated carbocycles. The van der Waals surface area contributed by atoms with Gasteiger partial charge in [0.05, 0.1) is 12.5 Å². The first-order valence-corrected chi connectivity index (χ1v) is 3.91. The third-order valence-corrected chi connectivity index (χ3v) is 1.92. The first-order chi connectivity index (χ1) is 4.57. The average Bonchev–Trinajstić information content (AvgIpc) is 1.85. The van der Waals surface area contributed by atoms with Crippen LogP contribution in [0.15, 0.2) is 0 Å². The van der Waals surface area contributed by atoms with Gasteiger partial charge in [-0.1, -0.05) is 0 Å². The molecular weight excluding hydrogens is 172 g/mol. The maximum atomic E-state index is 10.0. The van der Waals surface area contributed by atoms with E-state index in [-0.39, 0.29) is 12.2 Å². The van der Waals surface area contributed by atoms with Crippen molar-refractivity contribution in [2.75, 3.05) is 5.75 Å². The van der Waals surface area contributed by atoms with Crippen molar-refractivity contribution in [1.82, 2.24) is 0 Å². The Morgan fingerprint density at radius 3 is 2.40 bits per heavy atom. The second-order valence-corrected chi connectivity index (χ2v) is 2.94. The maximum Gasteiger partial charge on any atom is 0.304 e. The molecule has 5 heteroatoms. The summed E-state index contributed by atoms with van der Waals surface area (Å²) in [5.41, 5.74) is 0. The van der Waals surface area contributed by atoms with E-state index < -0.39 is 17.3 Å². The Hall–Kier alpha value is 0.130. The number of aliphatic hydroxyl groups is 1. The van der Waals surface area contributed by atoms with Crippen LogP contribution in [0.2, 0.25) is 0 Å². The van der Waals surface area contributed by atoms with Crippen LogP contribution in [0.1, 0.15) is 6.42 Å². The lowest BCUT2D eigenvalue weighted by atomic mass is 10.2. The molecule has 0 spiro atoms. The summed E-state index contributed by atoms with van der Waals surface area (Å²) in [7, 11) is 0. The molecule has 0 aromatic carbocycles. The molecule has 0 heterocycles. The maximum absolute atomic E-state index is 10.0. The van der Waals surface area contributed by atoms with E-state index in [0.717, 1.165) is 0 Å². The number of aliphatic carboxylic acids is 1. The highest BCUT2D eigenvalue weighted by Gasteiger charge is 2.16. The van der Waals surface area contributed by atoms with Crippen LogP contribution >= 0.6 is 25.3 Å². The normalized spacial score (nSPS) is 16.3. The SMILES string of the molecule is O=C(O)CC(S)C(O)CS. The van der Waals surface area contributed by atoms with Crippen molar-refractivity contribution in [3.63, 3.8) is 0 Å². The average molecular weight is 182 g/mol. The summed E-state index contributed by atoms with van der Waals surface area (Å²) < 4.78 is 0. The number of thiol groups is 2. The second kappa shape index (κ2) is 4.87. The highest BCUT2D eigenvalue weighted by atomic mass is 32.1. The molecule has 0 aliphatic heterocycles. The lowest BCUT2D eigenvalue weighted by Gasteiger charge is -2.12. The van der Waals surface area contributed by atoms with Crippen molar-refractivity contribution in [2.24, 2.45) is 0 Å². The predicted octanol–water partition coefficient (Wildman–Crippen LogP) is 0.0502. The molecule has 0 saturated heterocycles. The van der Waals surface area contributed by atoms with Gasteiger partial charge in [0, 0.05) is 11.0 Å². The number of hydrogen-bond acceptors (Lipinski definition) is 4. The second-order valence-electron chi connectivity index (χ2n) is 1.92. The molecule has 0 rings (SSSR count). The van der Waals surface area contributed by atoms with Gasteiger partial charge in [0.1, 0.15) is 0 Å². The molecule has 0 radical (unpaired) electrons. The Kier molecular flexibility index (Phi) is 4.93. The van der Waals surface area contributed by atoms with E-state index in [2.05, 4.69) is 25.3 Å². The summed E-state index contributed by atoms with van der Waals surface area (Å²) >= 11 is 7.65. The molecule has 0 bridgehead atoms. The number of rotatable bonds is 4. The van der Waals surface area contributed by atoms with Crippen molar-refractivity contribution >= 4 is 31.2 Å². The van der Waals surface area contributed by atoms with Crippen molar-refractivity contribution in [1.29, 1.82) is 0 Å². The third-order valence-electron chi connectivity index (χ3n) is 1.01. The first kappa shape index (κ1) is 10.1. The fraction of sp³-hybridized carbons (Fsp3) is 0.800. The molecule has 2 atom stereocenters. The molecule has 0 amide bonds. The van der Waals surface area contributed by atoms with Gasteiger partial charge in [0.15, 0.2) is 0 Å². The number of carboxylic acids is 1. The summed E-state index contributed by atoms with van der Waals surface area (Å²) in [6.07, 6.45) is -0.882. The van der Waals surface area contributed by atoms with Gasteiger partial charge in [-0.25, -0.2) is 0 Å². The fourth-order valence-corrected chi connectivity index (χ4v) is 1.12.